The first-order valence-electron chi connectivity index (χ1n) is 7.39. The fourth-order valence-corrected chi connectivity index (χ4v) is 2.53. The van der Waals surface area contributed by atoms with Gasteiger partial charge in [-0.1, -0.05) is 6.92 Å². The van der Waals surface area contributed by atoms with E-state index < -0.39 is 0 Å². The van der Waals surface area contributed by atoms with Gasteiger partial charge in [-0.05, 0) is 39.3 Å². The van der Waals surface area contributed by atoms with Crippen molar-refractivity contribution in [2.75, 3.05) is 39.9 Å². The fourth-order valence-electron chi connectivity index (χ4n) is 2.53. The average Bonchev–Trinajstić information content (AvgIpc) is 2.36. The first-order chi connectivity index (χ1) is 9.15. The number of rotatable bonds is 8. The van der Waals surface area contributed by atoms with Gasteiger partial charge in [0.15, 0.2) is 0 Å². The largest absolute Gasteiger partial charge is 0.383 e. The summed E-state index contributed by atoms with van der Waals surface area (Å²) in [6, 6.07) is 0.620. The van der Waals surface area contributed by atoms with Crippen LogP contribution in [0, 0.1) is 0 Å². The van der Waals surface area contributed by atoms with E-state index in [1.54, 1.807) is 7.11 Å². The zero-order valence-electron chi connectivity index (χ0n) is 12.6. The molecule has 1 aliphatic rings. The summed E-state index contributed by atoms with van der Waals surface area (Å²) in [5.41, 5.74) is 0. The summed E-state index contributed by atoms with van der Waals surface area (Å²) in [5, 5.41) is 6.50. The van der Waals surface area contributed by atoms with Gasteiger partial charge in [-0.25, -0.2) is 0 Å². The molecule has 0 aromatic rings. The number of amides is 1. The van der Waals surface area contributed by atoms with Crippen LogP contribution in [0.15, 0.2) is 0 Å². The number of carbonyl (C=O) groups is 1. The predicted octanol–water partition coefficient (Wildman–Crippen LogP) is 0.602. The summed E-state index contributed by atoms with van der Waals surface area (Å²) in [6.45, 7) is 8.27. The zero-order valence-corrected chi connectivity index (χ0v) is 12.6. The maximum absolute atomic E-state index is 11.9. The van der Waals surface area contributed by atoms with Gasteiger partial charge in [0.05, 0.1) is 13.2 Å². The van der Waals surface area contributed by atoms with Gasteiger partial charge in [0.1, 0.15) is 0 Å². The minimum absolute atomic E-state index is 0.0799. The lowest BCUT2D eigenvalue weighted by molar-refractivity contribution is -0.123. The van der Waals surface area contributed by atoms with Crippen molar-refractivity contribution >= 4 is 5.91 Å². The molecule has 19 heavy (non-hydrogen) atoms. The van der Waals surface area contributed by atoms with Crippen molar-refractivity contribution < 1.29 is 9.53 Å². The van der Waals surface area contributed by atoms with Crippen LogP contribution in [0.2, 0.25) is 0 Å². The standard InChI is InChI=1S/C14H29N3O2/c1-4-7-15-13-6-5-8-17(9-13)10-14(18)16-12(2)11-19-3/h12-13,15H,4-11H2,1-3H3,(H,16,18). The molecule has 5 nitrogen and oxygen atoms in total. The van der Waals surface area contributed by atoms with Gasteiger partial charge >= 0.3 is 0 Å². The quantitative estimate of drug-likeness (QED) is 0.679. The number of methoxy groups -OCH3 is 1. The van der Waals surface area contributed by atoms with E-state index in [4.69, 9.17) is 4.74 Å². The number of hydrogen-bond acceptors (Lipinski definition) is 4. The van der Waals surface area contributed by atoms with E-state index in [2.05, 4.69) is 22.5 Å². The summed E-state index contributed by atoms with van der Waals surface area (Å²) in [6.07, 6.45) is 3.55. The van der Waals surface area contributed by atoms with Crippen molar-refractivity contribution in [2.45, 2.75) is 45.2 Å². The van der Waals surface area contributed by atoms with Crippen molar-refractivity contribution in [1.82, 2.24) is 15.5 Å². The minimum Gasteiger partial charge on any atom is -0.383 e. The number of likely N-dealkylation sites (tertiary alicyclic amines) is 1. The summed E-state index contributed by atoms with van der Waals surface area (Å²) < 4.78 is 5.02. The van der Waals surface area contributed by atoms with Crippen molar-refractivity contribution in [3.8, 4) is 0 Å². The molecule has 2 unspecified atom stereocenters. The Balaban J connectivity index is 2.25. The summed E-state index contributed by atoms with van der Waals surface area (Å²) in [7, 11) is 1.65. The van der Waals surface area contributed by atoms with Crippen molar-refractivity contribution in [3.05, 3.63) is 0 Å². The number of hydrogen-bond donors (Lipinski definition) is 2. The third kappa shape index (κ3) is 6.89. The van der Waals surface area contributed by atoms with E-state index in [0.29, 0.717) is 19.2 Å². The Bertz CT molecular complexity index is 261. The Morgan fingerprint density at radius 2 is 2.32 bits per heavy atom. The van der Waals surface area contributed by atoms with Crippen LogP contribution >= 0.6 is 0 Å². The van der Waals surface area contributed by atoms with Gasteiger partial charge in [0.25, 0.3) is 0 Å². The summed E-state index contributed by atoms with van der Waals surface area (Å²) in [4.78, 5) is 14.1. The first-order valence-corrected chi connectivity index (χ1v) is 7.39. The average molecular weight is 271 g/mol. The van der Waals surface area contributed by atoms with Crippen molar-refractivity contribution in [2.24, 2.45) is 0 Å². The van der Waals surface area contributed by atoms with Crippen LogP contribution in [-0.4, -0.2) is 62.8 Å². The van der Waals surface area contributed by atoms with Gasteiger partial charge in [-0.2, -0.15) is 0 Å². The number of piperidine rings is 1. The number of nitrogens with zero attached hydrogens (tertiary/aromatic N) is 1. The molecule has 0 aliphatic carbocycles. The van der Waals surface area contributed by atoms with Crippen LogP contribution in [0.25, 0.3) is 0 Å². The Hall–Kier alpha value is -0.650. The second-order valence-corrected chi connectivity index (χ2v) is 5.45. The maximum atomic E-state index is 11.9. The lowest BCUT2D eigenvalue weighted by Gasteiger charge is -2.33. The topological polar surface area (TPSA) is 53.6 Å². The number of ether oxygens (including phenoxy) is 1. The highest BCUT2D eigenvalue weighted by Gasteiger charge is 2.21. The third-order valence-corrected chi connectivity index (χ3v) is 3.38. The van der Waals surface area contributed by atoms with E-state index >= 15 is 0 Å². The van der Waals surface area contributed by atoms with Crippen LogP contribution in [-0.2, 0) is 9.53 Å². The highest BCUT2D eigenvalue weighted by Crippen LogP contribution is 2.09. The van der Waals surface area contributed by atoms with Gasteiger partial charge in [-0.3, -0.25) is 9.69 Å². The molecule has 1 saturated heterocycles. The van der Waals surface area contributed by atoms with E-state index in [9.17, 15) is 4.79 Å². The molecular weight excluding hydrogens is 242 g/mol. The van der Waals surface area contributed by atoms with Gasteiger partial charge in [0.2, 0.25) is 5.91 Å². The zero-order chi connectivity index (χ0) is 14.1. The van der Waals surface area contributed by atoms with Gasteiger partial charge < -0.3 is 15.4 Å². The van der Waals surface area contributed by atoms with Crippen LogP contribution in [0.4, 0.5) is 0 Å². The molecule has 1 fully saturated rings. The molecule has 1 aliphatic heterocycles. The lowest BCUT2D eigenvalue weighted by atomic mass is 10.1. The Morgan fingerprint density at radius 3 is 3.00 bits per heavy atom. The highest BCUT2D eigenvalue weighted by molar-refractivity contribution is 5.78. The maximum Gasteiger partial charge on any atom is 0.234 e. The third-order valence-electron chi connectivity index (χ3n) is 3.38. The van der Waals surface area contributed by atoms with Crippen molar-refractivity contribution in [1.29, 1.82) is 0 Å². The monoisotopic (exact) mass is 271 g/mol. The first kappa shape index (κ1) is 16.4. The smallest absolute Gasteiger partial charge is 0.234 e. The molecule has 2 atom stereocenters. The summed E-state index contributed by atoms with van der Waals surface area (Å²) in [5.74, 6) is 0.0979. The molecule has 0 saturated carbocycles. The molecule has 112 valence electrons. The van der Waals surface area contributed by atoms with Crippen molar-refractivity contribution in [3.63, 3.8) is 0 Å². The Labute approximate surface area is 117 Å². The molecule has 1 rings (SSSR count). The van der Waals surface area contributed by atoms with E-state index in [0.717, 1.165) is 26.1 Å². The molecule has 0 aromatic heterocycles. The Morgan fingerprint density at radius 1 is 1.53 bits per heavy atom. The second-order valence-electron chi connectivity index (χ2n) is 5.45. The van der Waals surface area contributed by atoms with Crippen LogP contribution in [0.1, 0.15) is 33.1 Å². The molecule has 2 N–H and O–H groups in total. The van der Waals surface area contributed by atoms with E-state index in [1.165, 1.54) is 12.8 Å². The normalized spacial score (nSPS) is 22.2. The summed E-state index contributed by atoms with van der Waals surface area (Å²) >= 11 is 0. The van der Waals surface area contributed by atoms with Crippen LogP contribution < -0.4 is 10.6 Å². The van der Waals surface area contributed by atoms with Crippen LogP contribution in [0.5, 0.6) is 0 Å². The second kappa shape index (κ2) is 9.28. The predicted molar refractivity (Wildman–Crippen MR) is 77.2 cm³/mol. The number of carbonyl (C=O) groups excluding carboxylic acids is 1. The van der Waals surface area contributed by atoms with E-state index in [1.807, 2.05) is 6.92 Å². The Kier molecular flexibility index (Phi) is 8.02. The molecular formula is C14H29N3O2. The molecule has 0 aromatic carbocycles. The van der Waals surface area contributed by atoms with Gasteiger partial charge in [0, 0.05) is 25.7 Å². The lowest BCUT2D eigenvalue weighted by Crippen LogP contribution is -2.50. The SMILES string of the molecule is CCCNC1CCCN(CC(=O)NC(C)COC)C1. The fraction of sp³-hybridized carbons (Fsp3) is 0.929. The molecule has 1 amide bonds. The van der Waals surface area contributed by atoms with E-state index in [-0.39, 0.29) is 11.9 Å². The number of nitrogens with one attached hydrogen (secondary N) is 2. The van der Waals surface area contributed by atoms with Gasteiger partial charge in [-0.15, -0.1) is 0 Å². The molecule has 0 radical (unpaired) electrons. The molecule has 0 spiro atoms. The van der Waals surface area contributed by atoms with Crippen LogP contribution in [0.3, 0.4) is 0 Å². The highest BCUT2D eigenvalue weighted by atomic mass is 16.5. The molecule has 5 heteroatoms. The molecule has 0 bridgehead atoms. The molecule has 1 heterocycles. The minimum atomic E-state index is 0.0799.